The third kappa shape index (κ3) is 1.75. The van der Waals surface area contributed by atoms with Crippen molar-refractivity contribution < 1.29 is 0 Å². The lowest BCUT2D eigenvalue weighted by molar-refractivity contribution is 0.919. The monoisotopic (exact) mass is 197 g/mol. The highest BCUT2D eigenvalue weighted by Crippen LogP contribution is 2.33. The smallest absolute Gasteiger partial charge is 0.137 e. The van der Waals surface area contributed by atoms with Crippen molar-refractivity contribution in [2.75, 3.05) is 5.32 Å². The van der Waals surface area contributed by atoms with Crippen LogP contribution in [0.4, 0.5) is 5.82 Å². The first-order valence-electron chi connectivity index (χ1n) is 4.42. The summed E-state index contributed by atoms with van der Waals surface area (Å²) in [5.41, 5.74) is 0.934. The van der Waals surface area contributed by atoms with E-state index in [9.17, 15) is 0 Å². The standard InChI is InChI=1S/C9H12ClN3/c1-5-3-7(5)13-9-6(2)8(10)11-4-12-9/h4-5,7H,3H2,1-2H3,(H,11,12,13). The molecule has 3 nitrogen and oxygen atoms in total. The molecule has 0 radical (unpaired) electrons. The van der Waals surface area contributed by atoms with Crippen molar-refractivity contribution in [3.63, 3.8) is 0 Å². The largest absolute Gasteiger partial charge is 0.367 e. The molecule has 0 aromatic carbocycles. The van der Waals surface area contributed by atoms with E-state index in [2.05, 4.69) is 22.2 Å². The predicted molar refractivity (Wildman–Crippen MR) is 53.0 cm³/mol. The molecule has 1 saturated carbocycles. The Morgan fingerprint density at radius 1 is 1.54 bits per heavy atom. The summed E-state index contributed by atoms with van der Waals surface area (Å²) >= 11 is 5.86. The summed E-state index contributed by atoms with van der Waals surface area (Å²) in [5.74, 6) is 1.63. The Morgan fingerprint density at radius 2 is 2.23 bits per heavy atom. The third-order valence-electron chi connectivity index (χ3n) is 2.45. The van der Waals surface area contributed by atoms with E-state index in [1.165, 1.54) is 12.7 Å². The SMILES string of the molecule is Cc1c(Cl)ncnc1NC1CC1C. The molecular weight excluding hydrogens is 186 g/mol. The van der Waals surface area contributed by atoms with E-state index < -0.39 is 0 Å². The highest BCUT2D eigenvalue weighted by molar-refractivity contribution is 6.30. The van der Waals surface area contributed by atoms with Crippen LogP contribution in [0.5, 0.6) is 0 Å². The molecule has 0 aliphatic heterocycles. The van der Waals surface area contributed by atoms with Crippen LogP contribution in [0, 0.1) is 12.8 Å². The van der Waals surface area contributed by atoms with Gasteiger partial charge in [0.15, 0.2) is 0 Å². The lowest BCUT2D eigenvalue weighted by Crippen LogP contribution is -2.07. The van der Waals surface area contributed by atoms with Crippen LogP contribution in [0.1, 0.15) is 18.9 Å². The maximum Gasteiger partial charge on any atom is 0.137 e. The Kier molecular flexibility index (Phi) is 2.12. The van der Waals surface area contributed by atoms with E-state index in [0.29, 0.717) is 11.2 Å². The lowest BCUT2D eigenvalue weighted by Gasteiger charge is -2.07. The number of anilines is 1. The van der Waals surface area contributed by atoms with Crippen molar-refractivity contribution >= 4 is 17.4 Å². The molecule has 1 aromatic rings. The normalized spacial score (nSPS) is 25.8. The average Bonchev–Trinajstić information content (AvgIpc) is 2.77. The first-order valence-corrected chi connectivity index (χ1v) is 4.80. The van der Waals surface area contributed by atoms with Crippen LogP contribution < -0.4 is 5.32 Å². The third-order valence-corrected chi connectivity index (χ3v) is 2.84. The summed E-state index contributed by atoms with van der Waals surface area (Å²) in [6.45, 7) is 4.15. The van der Waals surface area contributed by atoms with Gasteiger partial charge in [-0.15, -0.1) is 0 Å². The first kappa shape index (κ1) is 8.75. The molecule has 2 rings (SSSR count). The minimum atomic E-state index is 0.533. The van der Waals surface area contributed by atoms with Gasteiger partial charge in [0.1, 0.15) is 17.3 Å². The summed E-state index contributed by atoms with van der Waals surface area (Å²) in [6.07, 6.45) is 2.71. The molecule has 0 spiro atoms. The molecule has 1 aromatic heterocycles. The Bertz CT molecular complexity index is 327. The molecule has 1 aliphatic carbocycles. The molecule has 1 fully saturated rings. The van der Waals surface area contributed by atoms with Crippen LogP contribution in [0.3, 0.4) is 0 Å². The average molecular weight is 198 g/mol. The molecule has 0 amide bonds. The van der Waals surface area contributed by atoms with Crippen molar-refractivity contribution in [3.05, 3.63) is 17.0 Å². The number of hydrogen-bond acceptors (Lipinski definition) is 3. The summed E-state index contributed by atoms with van der Waals surface area (Å²) in [7, 11) is 0. The maximum atomic E-state index is 5.86. The Hall–Kier alpha value is -0.830. The zero-order chi connectivity index (χ0) is 9.42. The van der Waals surface area contributed by atoms with Crippen molar-refractivity contribution in [3.8, 4) is 0 Å². The Morgan fingerprint density at radius 3 is 2.85 bits per heavy atom. The van der Waals surface area contributed by atoms with Gasteiger partial charge < -0.3 is 5.32 Å². The highest BCUT2D eigenvalue weighted by atomic mass is 35.5. The van der Waals surface area contributed by atoms with Crippen molar-refractivity contribution in [2.24, 2.45) is 5.92 Å². The topological polar surface area (TPSA) is 37.8 Å². The molecule has 1 N–H and O–H groups in total. The van der Waals surface area contributed by atoms with Crippen LogP contribution in [-0.4, -0.2) is 16.0 Å². The molecule has 1 aliphatic rings. The van der Waals surface area contributed by atoms with Gasteiger partial charge in [0, 0.05) is 11.6 Å². The number of aromatic nitrogens is 2. The van der Waals surface area contributed by atoms with Crippen LogP contribution in [0.15, 0.2) is 6.33 Å². The fraction of sp³-hybridized carbons (Fsp3) is 0.556. The number of hydrogen-bond donors (Lipinski definition) is 1. The van der Waals surface area contributed by atoms with E-state index in [1.807, 2.05) is 6.92 Å². The van der Waals surface area contributed by atoms with Gasteiger partial charge in [-0.3, -0.25) is 0 Å². The zero-order valence-electron chi connectivity index (χ0n) is 7.71. The van der Waals surface area contributed by atoms with Gasteiger partial charge in [-0.1, -0.05) is 18.5 Å². The van der Waals surface area contributed by atoms with Crippen molar-refractivity contribution in [1.29, 1.82) is 0 Å². The van der Waals surface area contributed by atoms with Crippen LogP contribution in [-0.2, 0) is 0 Å². The van der Waals surface area contributed by atoms with Gasteiger partial charge in [0.2, 0.25) is 0 Å². The molecule has 1 heterocycles. The molecule has 2 unspecified atom stereocenters. The number of halogens is 1. The van der Waals surface area contributed by atoms with E-state index in [-0.39, 0.29) is 0 Å². The van der Waals surface area contributed by atoms with Gasteiger partial charge >= 0.3 is 0 Å². The van der Waals surface area contributed by atoms with Gasteiger partial charge in [0.05, 0.1) is 0 Å². The summed E-state index contributed by atoms with van der Waals surface area (Å²) in [5, 5.41) is 3.87. The van der Waals surface area contributed by atoms with Crippen LogP contribution in [0.25, 0.3) is 0 Å². The van der Waals surface area contributed by atoms with Crippen LogP contribution >= 0.6 is 11.6 Å². The predicted octanol–water partition coefficient (Wildman–Crippen LogP) is 2.26. The molecule has 0 bridgehead atoms. The lowest BCUT2D eigenvalue weighted by atomic mass is 10.3. The Labute approximate surface area is 82.5 Å². The maximum absolute atomic E-state index is 5.86. The second-order valence-electron chi connectivity index (χ2n) is 3.60. The van der Waals surface area contributed by atoms with Crippen molar-refractivity contribution in [1.82, 2.24) is 9.97 Å². The summed E-state index contributed by atoms with van der Waals surface area (Å²) in [4.78, 5) is 8.05. The van der Waals surface area contributed by atoms with Crippen molar-refractivity contribution in [2.45, 2.75) is 26.3 Å². The molecule has 2 atom stereocenters. The van der Waals surface area contributed by atoms with Gasteiger partial charge in [-0.25, -0.2) is 9.97 Å². The van der Waals surface area contributed by atoms with E-state index in [4.69, 9.17) is 11.6 Å². The van der Waals surface area contributed by atoms with Gasteiger partial charge in [0.25, 0.3) is 0 Å². The number of rotatable bonds is 2. The quantitative estimate of drug-likeness (QED) is 0.740. The molecule has 4 heteroatoms. The fourth-order valence-electron chi connectivity index (χ4n) is 1.27. The van der Waals surface area contributed by atoms with Crippen LogP contribution in [0.2, 0.25) is 5.15 Å². The fourth-order valence-corrected chi connectivity index (χ4v) is 1.41. The molecule has 0 saturated heterocycles. The molecular formula is C9H12ClN3. The minimum Gasteiger partial charge on any atom is -0.367 e. The van der Waals surface area contributed by atoms with E-state index >= 15 is 0 Å². The second kappa shape index (κ2) is 3.14. The number of nitrogens with one attached hydrogen (secondary N) is 1. The summed E-state index contributed by atoms with van der Waals surface area (Å²) < 4.78 is 0. The summed E-state index contributed by atoms with van der Waals surface area (Å²) in [6, 6.07) is 0.574. The molecule has 13 heavy (non-hydrogen) atoms. The van der Waals surface area contributed by atoms with Gasteiger partial charge in [-0.05, 0) is 19.3 Å². The molecule has 70 valence electrons. The zero-order valence-corrected chi connectivity index (χ0v) is 8.47. The van der Waals surface area contributed by atoms with E-state index in [1.54, 1.807) is 0 Å². The second-order valence-corrected chi connectivity index (χ2v) is 3.96. The Balaban J connectivity index is 2.15. The first-order chi connectivity index (χ1) is 6.18. The number of nitrogens with zero attached hydrogens (tertiary/aromatic N) is 2. The minimum absolute atomic E-state index is 0.533. The van der Waals surface area contributed by atoms with E-state index in [0.717, 1.165) is 17.3 Å². The van der Waals surface area contributed by atoms with Gasteiger partial charge in [-0.2, -0.15) is 0 Å². The highest BCUT2D eigenvalue weighted by Gasteiger charge is 2.33.